The van der Waals surface area contributed by atoms with Crippen molar-refractivity contribution in [3.8, 4) is 0 Å². The first-order valence-electron chi connectivity index (χ1n) is 7.09. The van der Waals surface area contributed by atoms with Crippen LogP contribution in [0.25, 0.3) is 0 Å². The Kier molecular flexibility index (Phi) is 4.29. The van der Waals surface area contributed by atoms with E-state index < -0.39 is 0 Å². The third kappa shape index (κ3) is 3.09. The third-order valence-corrected chi connectivity index (χ3v) is 4.35. The van der Waals surface area contributed by atoms with Crippen LogP contribution in [0.15, 0.2) is 11.6 Å². The summed E-state index contributed by atoms with van der Waals surface area (Å²) in [5, 5.41) is 0. The van der Waals surface area contributed by atoms with Crippen molar-refractivity contribution in [2.75, 3.05) is 0 Å². The van der Waals surface area contributed by atoms with Gasteiger partial charge in [0.15, 0.2) is 0 Å². The van der Waals surface area contributed by atoms with Crippen molar-refractivity contribution in [2.24, 2.45) is 11.8 Å². The fourth-order valence-corrected chi connectivity index (χ4v) is 3.39. The molecule has 0 aromatic rings. The van der Waals surface area contributed by atoms with E-state index in [4.69, 9.17) is 0 Å². The highest BCUT2D eigenvalue weighted by atomic mass is 14.3. The van der Waals surface area contributed by atoms with Crippen LogP contribution in [0.3, 0.4) is 0 Å². The number of fused-ring (bicyclic) bond motifs is 1. The van der Waals surface area contributed by atoms with Crippen LogP contribution in [-0.4, -0.2) is 0 Å². The van der Waals surface area contributed by atoms with Crippen molar-refractivity contribution in [1.82, 2.24) is 0 Å². The molecule has 0 N–H and O–H groups in total. The molecule has 86 valence electrons. The smallest absolute Gasteiger partial charge is 0.0203 e. The normalized spacial score (nSPS) is 30.9. The molecule has 2 aliphatic carbocycles. The van der Waals surface area contributed by atoms with E-state index in [1.54, 1.807) is 0 Å². The molecule has 0 radical (unpaired) electrons. The lowest BCUT2D eigenvalue weighted by atomic mass is 9.72. The molecule has 1 fully saturated rings. The van der Waals surface area contributed by atoms with Gasteiger partial charge in [-0.05, 0) is 50.4 Å². The van der Waals surface area contributed by atoms with E-state index in [0.29, 0.717) is 0 Å². The molecule has 2 rings (SSSR count). The minimum absolute atomic E-state index is 1.00. The van der Waals surface area contributed by atoms with Gasteiger partial charge < -0.3 is 0 Å². The average Bonchev–Trinajstić information content (AvgIpc) is 2.29. The standard InChI is InChI=1S/C15H26/c1-2-3-4-7-13-10-11-14-8-5-6-9-15(14)12-13/h9,13-14H,2-8,10-12H2,1H3. The highest BCUT2D eigenvalue weighted by Crippen LogP contribution is 2.40. The van der Waals surface area contributed by atoms with Crippen LogP contribution in [0.1, 0.15) is 71.1 Å². The van der Waals surface area contributed by atoms with E-state index in [0.717, 1.165) is 11.8 Å². The largest absolute Gasteiger partial charge is 0.0850 e. The van der Waals surface area contributed by atoms with Crippen LogP contribution >= 0.6 is 0 Å². The first-order chi connectivity index (χ1) is 7.40. The first-order valence-corrected chi connectivity index (χ1v) is 7.09. The van der Waals surface area contributed by atoms with Gasteiger partial charge in [0.2, 0.25) is 0 Å². The van der Waals surface area contributed by atoms with E-state index in [-0.39, 0.29) is 0 Å². The summed E-state index contributed by atoms with van der Waals surface area (Å²) in [6, 6.07) is 0. The summed E-state index contributed by atoms with van der Waals surface area (Å²) in [6.07, 6.45) is 17.1. The Hall–Kier alpha value is -0.260. The minimum Gasteiger partial charge on any atom is -0.0850 e. The molecule has 15 heavy (non-hydrogen) atoms. The Morgan fingerprint density at radius 2 is 2.13 bits per heavy atom. The monoisotopic (exact) mass is 206 g/mol. The number of rotatable bonds is 4. The molecule has 0 aromatic carbocycles. The molecule has 0 heteroatoms. The molecule has 0 heterocycles. The zero-order valence-electron chi connectivity index (χ0n) is 10.3. The SMILES string of the molecule is CCCCCC1CCC2CCCC=C2C1. The number of hydrogen-bond donors (Lipinski definition) is 0. The van der Waals surface area contributed by atoms with Crippen LogP contribution in [0, 0.1) is 11.8 Å². The minimum atomic E-state index is 1.00. The maximum Gasteiger partial charge on any atom is -0.0203 e. The van der Waals surface area contributed by atoms with Gasteiger partial charge >= 0.3 is 0 Å². The van der Waals surface area contributed by atoms with Gasteiger partial charge in [0.25, 0.3) is 0 Å². The van der Waals surface area contributed by atoms with Crippen molar-refractivity contribution in [3.05, 3.63) is 11.6 Å². The van der Waals surface area contributed by atoms with E-state index in [2.05, 4.69) is 13.0 Å². The number of hydrogen-bond acceptors (Lipinski definition) is 0. The summed E-state index contributed by atoms with van der Waals surface area (Å²) in [5.74, 6) is 2.04. The Morgan fingerprint density at radius 3 is 3.00 bits per heavy atom. The molecule has 0 saturated heterocycles. The van der Waals surface area contributed by atoms with E-state index in [9.17, 15) is 0 Å². The van der Waals surface area contributed by atoms with Gasteiger partial charge in [-0.25, -0.2) is 0 Å². The highest BCUT2D eigenvalue weighted by Gasteiger charge is 2.26. The average molecular weight is 206 g/mol. The second-order valence-electron chi connectivity index (χ2n) is 5.55. The summed E-state index contributed by atoms with van der Waals surface area (Å²) < 4.78 is 0. The maximum atomic E-state index is 2.57. The van der Waals surface area contributed by atoms with Crippen LogP contribution in [-0.2, 0) is 0 Å². The summed E-state index contributed by atoms with van der Waals surface area (Å²) >= 11 is 0. The molecular weight excluding hydrogens is 180 g/mol. The molecule has 0 bridgehead atoms. The van der Waals surface area contributed by atoms with Gasteiger partial charge in [0.05, 0.1) is 0 Å². The van der Waals surface area contributed by atoms with Crippen LogP contribution < -0.4 is 0 Å². The van der Waals surface area contributed by atoms with Crippen molar-refractivity contribution >= 4 is 0 Å². The lowest BCUT2D eigenvalue weighted by molar-refractivity contribution is 0.303. The molecule has 0 nitrogen and oxygen atoms in total. The highest BCUT2D eigenvalue weighted by molar-refractivity contribution is 5.13. The quantitative estimate of drug-likeness (QED) is 0.444. The number of unbranched alkanes of at least 4 members (excludes halogenated alkanes) is 2. The first kappa shape index (κ1) is 11.2. The fraction of sp³-hybridized carbons (Fsp3) is 0.867. The van der Waals surface area contributed by atoms with Gasteiger partial charge in [0.1, 0.15) is 0 Å². The second-order valence-corrected chi connectivity index (χ2v) is 5.55. The topological polar surface area (TPSA) is 0 Å². The molecular formula is C15H26. The molecule has 2 atom stereocenters. The third-order valence-electron chi connectivity index (χ3n) is 4.35. The van der Waals surface area contributed by atoms with Crippen molar-refractivity contribution in [3.63, 3.8) is 0 Å². The molecule has 2 unspecified atom stereocenters. The molecule has 0 aromatic heterocycles. The van der Waals surface area contributed by atoms with E-state index in [1.165, 1.54) is 64.2 Å². The van der Waals surface area contributed by atoms with Gasteiger partial charge in [-0.1, -0.05) is 44.3 Å². The summed E-state index contributed by atoms with van der Waals surface area (Å²) in [6.45, 7) is 2.31. The lowest BCUT2D eigenvalue weighted by Gasteiger charge is -2.33. The Bertz CT molecular complexity index is 214. The molecule has 0 spiro atoms. The second kappa shape index (κ2) is 5.72. The predicted octanol–water partition coefficient (Wildman–Crippen LogP) is 5.09. The van der Waals surface area contributed by atoms with E-state index in [1.807, 2.05) is 5.57 Å². The fourth-order valence-electron chi connectivity index (χ4n) is 3.39. The maximum absolute atomic E-state index is 2.57. The van der Waals surface area contributed by atoms with Crippen LogP contribution in [0.4, 0.5) is 0 Å². The molecule has 0 amide bonds. The Labute approximate surface area is 95.1 Å². The lowest BCUT2D eigenvalue weighted by Crippen LogP contribution is -2.19. The Morgan fingerprint density at radius 1 is 1.20 bits per heavy atom. The molecule has 1 saturated carbocycles. The van der Waals surface area contributed by atoms with Gasteiger partial charge in [-0.15, -0.1) is 0 Å². The zero-order chi connectivity index (χ0) is 10.5. The van der Waals surface area contributed by atoms with Crippen LogP contribution in [0.2, 0.25) is 0 Å². The predicted molar refractivity (Wildman–Crippen MR) is 66.9 cm³/mol. The van der Waals surface area contributed by atoms with E-state index >= 15 is 0 Å². The molecule has 0 aliphatic heterocycles. The Balaban J connectivity index is 1.78. The summed E-state index contributed by atoms with van der Waals surface area (Å²) in [7, 11) is 0. The summed E-state index contributed by atoms with van der Waals surface area (Å²) in [4.78, 5) is 0. The number of allylic oxidation sites excluding steroid dienone is 2. The summed E-state index contributed by atoms with van der Waals surface area (Å²) in [5.41, 5.74) is 1.84. The van der Waals surface area contributed by atoms with Crippen molar-refractivity contribution in [1.29, 1.82) is 0 Å². The van der Waals surface area contributed by atoms with Crippen LogP contribution in [0.5, 0.6) is 0 Å². The van der Waals surface area contributed by atoms with Gasteiger partial charge in [-0.2, -0.15) is 0 Å². The molecule has 2 aliphatic rings. The van der Waals surface area contributed by atoms with Gasteiger partial charge in [0, 0.05) is 0 Å². The zero-order valence-corrected chi connectivity index (χ0v) is 10.3. The van der Waals surface area contributed by atoms with Crippen molar-refractivity contribution < 1.29 is 0 Å². The van der Waals surface area contributed by atoms with Crippen molar-refractivity contribution in [2.45, 2.75) is 71.1 Å². The van der Waals surface area contributed by atoms with Gasteiger partial charge in [-0.3, -0.25) is 0 Å².